The Morgan fingerprint density at radius 2 is 1.98 bits per heavy atom. The number of likely N-dealkylation sites (tertiary alicyclic amines) is 1. The number of aromatic nitrogens is 5. The molecular formula is C34H33ClF3N7O5. The van der Waals surface area contributed by atoms with Crippen molar-refractivity contribution in [2.45, 2.75) is 63.1 Å². The van der Waals surface area contributed by atoms with Gasteiger partial charge < -0.3 is 24.6 Å². The number of rotatable bonds is 6. The van der Waals surface area contributed by atoms with Crippen molar-refractivity contribution in [3.05, 3.63) is 86.3 Å². The predicted octanol–water partition coefficient (Wildman–Crippen LogP) is 5.18. The van der Waals surface area contributed by atoms with E-state index in [0.717, 1.165) is 23.8 Å². The molecule has 12 nitrogen and oxygen atoms in total. The van der Waals surface area contributed by atoms with Crippen LogP contribution in [-0.2, 0) is 27.7 Å². The Kier molecular flexibility index (Phi) is 8.67. The van der Waals surface area contributed by atoms with E-state index in [2.05, 4.69) is 15.4 Å². The van der Waals surface area contributed by atoms with Crippen molar-refractivity contribution in [1.29, 1.82) is 0 Å². The molecule has 0 saturated carbocycles. The third kappa shape index (κ3) is 5.91. The van der Waals surface area contributed by atoms with Crippen molar-refractivity contribution in [1.82, 2.24) is 29.0 Å². The number of hydrogen-bond acceptors (Lipinski definition) is 8. The molecule has 7 rings (SSSR count). The van der Waals surface area contributed by atoms with Crippen LogP contribution in [0.1, 0.15) is 78.1 Å². The number of hydrogen-bond donors (Lipinski definition) is 2. The van der Waals surface area contributed by atoms with E-state index in [4.69, 9.17) is 21.3 Å². The van der Waals surface area contributed by atoms with Crippen molar-refractivity contribution in [2.24, 2.45) is 0 Å². The molecule has 1 fully saturated rings. The van der Waals surface area contributed by atoms with Gasteiger partial charge in [-0.15, -0.1) is 5.10 Å². The fourth-order valence-electron chi connectivity index (χ4n) is 7.46. The van der Waals surface area contributed by atoms with E-state index in [1.165, 1.54) is 22.8 Å². The van der Waals surface area contributed by atoms with E-state index in [1.54, 1.807) is 9.47 Å². The van der Waals surface area contributed by atoms with Gasteiger partial charge in [-0.2, -0.15) is 22.7 Å². The minimum atomic E-state index is -4.60. The molecule has 1 aliphatic carbocycles. The van der Waals surface area contributed by atoms with E-state index in [1.807, 2.05) is 13.0 Å². The third-order valence-electron chi connectivity index (χ3n) is 9.95. The first-order valence-corrected chi connectivity index (χ1v) is 16.7. The highest BCUT2D eigenvalue weighted by Gasteiger charge is 2.50. The lowest BCUT2D eigenvalue weighted by atomic mass is 9.73. The summed E-state index contributed by atoms with van der Waals surface area (Å²) in [6, 6.07) is 5.64. The van der Waals surface area contributed by atoms with Crippen LogP contribution in [-0.4, -0.2) is 72.3 Å². The number of anilines is 1. The molecule has 3 aliphatic rings. The maximum Gasteiger partial charge on any atom is 0.416 e. The molecule has 1 atom stereocenters. The van der Waals surface area contributed by atoms with Crippen LogP contribution in [0.5, 0.6) is 5.75 Å². The largest absolute Gasteiger partial charge is 0.505 e. The highest BCUT2D eigenvalue weighted by Crippen LogP contribution is 2.52. The lowest BCUT2D eigenvalue weighted by Gasteiger charge is -2.39. The van der Waals surface area contributed by atoms with Gasteiger partial charge >= 0.3 is 6.18 Å². The number of ether oxygens (including phenoxy) is 1. The minimum absolute atomic E-state index is 0.00684. The number of halogens is 4. The van der Waals surface area contributed by atoms with Crippen LogP contribution in [0, 0.1) is 0 Å². The summed E-state index contributed by atoms with van der Waals surface area (Å²) in [6.07, 6.45) is 1.37. The molecule has 0 radical (unpaired) electrons. The van der Waals surface area contributed by atoms with E-state index < -0.39 is 29.0 Å². The number of carbonyl (C=O) groups is 2. The molecule has 1 saturated heterocycles. The summed E-state index contributed by atoms with van der Waals surface area (Å²) < 4.78 is 48.1. The molecule has 262 valence electrons. The number of piperidine rings is 1. The molecular weight excluding hydrogens is 679 g/mol. The molecule has 3 aromatic heterocycles. The Morgan fingerprint density at radius 1 is 1.20 bits per heavy atom. The SMILES string of the molecule is CCC1CC2(CCN(C(=O)c3ncccc3O)CC2)c2c1n(CC(=O)Nc1ccc(C(F)(F)F)cc1Cl)c1nc(C3=CCOCC3)nn1c2=O. The maximum absolute atomic E-state index is 14.5. The number of benzene rings is 1. The van der Waals surface area contributed by atoms with E-state index in [9.17, 15) is 32.7 Å². The quantitative estimate of drug-likeness (QED) is 0.279. The monoisotopic (exact) mass is 711 g/mol. The summed E-state index contributed by atoms with van der Waals surface area (Å²) in [6.45, 7) is 3.13. The number of fused-ring (bicyclic) bond motifs is 3. The van der Waals surface area contributed by atoms with Gasteiger partial charge in [0.05, 0.1) is 29.5 Å². The van der Waals surface area contributed by atoms with E-state index in [-0.39, 0.29) is 46.0 Å². The molecule has 2 aliphatic heterocycles. The number of aromatic hydroxyl groups is 1. The van der Waals surface area contributed by atoms with Gasteiger partial charge in [0.25, 0.3) is 11.5 Å². The van der Waals surface area contributed by atoms with Gasteiger partial charge in [0, 0.05) is 41.9 Å². The number of amides is 2. The molecule has 0 bridgehead atoms. The van der Waals surface area contributed by atoms with Gasteiger partial charge in [-0.1, -0.05) is 24.6 Å². The van der Waals surface area contributed by atoms with E-state index in [0.29, 0.717) is 75.5 Å². The average Bonchev–Trinajstić information content (AvgIpc) is 3.69. The highest BCUT2D eigenvalue weighted by molar-refractivity contribution is 6.33. The van der Waals surface area contributed by atoms with Crippen molar-refractivity contribution >= 4 is 40.5 Å². The zero-order valence-electron chi connectivity index (χ0n) is 27.0. The Morgan fingerprint density at radius 3 is 2.64 bits per heavy atom. The normalized spacial score (nSPS) is 18.7. The number of nitrogens with zero attached hydrogens (tertiary/aromatic N) is 6. The fraction of sp³-hybridized carbons (Fsp3) is 0.412. The lowest BCUT2D eigenvalue weighted by Crippen LogP contribution is -2.46. The average molecular weight is 712 g/mol. The topological polar surface area (TPSA) is 144 Å². The van der Waals surface area contributed by atoms with Crippen LogP contribution >= 0.6 is 11.6 Å². The highest BCUT2D eigenvalue weighted by atomic mass is 35.5. The smallest absolute Gasteiger partial charge is 0.416 e. The molecule has 2 N–H and O–H groups in total. The van der Waals surface area contributed by atoms with Crippen LogP contribution in [0.2, 0.25) is 5.02 Å². The fourth-order valence-corrected chi connectivity index (χ4v) is 7.68. The number of pyridine rings is 1. The number of carbonyl (C=O) groups excluding carboxylic acids is 2. The standard InChI is InChI=1S/C34H33ClF3N7O5/c1-2-19-17-33(9-12-43(13-10-33)31(49)27-24(46)4-3-11-39-27)26-28(19)44(18-25(47)40-23-6-5-21(16-22(23)35)34(36,37)38)32-41-29(42-45(32)30(26)48)20-7-14-50-15-8-20/h3-7,11,16,19,46H,2,8-10,12-15,17-18H2,1H3,(H,40,47). The summed E-state index contributed by atoms with van der Waals surface area (Å²) in [7, 11) is 0. The first kappa shape index (κ1) is 33.7. The summed E-state index contributed by atoms with van der Waals surface area (Å²) in [5.74, 6) is -0.835. The molecule has 1 spiro atoms. The molecule has 2 amide bonds. The predicted molar refractivity (Wildman–Crippen MR) is 176 cm³/mol. The second kappa shape index (κ2) is 12.8. The maximum atomic E-state index is 14.5. The van der Waals surface area contributed by atoms with Gasteiger partial charge in [0.1, 0.15) is 12.3 Å². The summed E-state index contributed by atoms with van der Waals surface area (Å²) >= 11 is 6.15. The van der Waals surface area contributed by atoms with Crippen molar-refractivity contribution in [3.8, 4) is 5.75 Å². The minimum Gasteiger partial charge on any atom is -0.505 e. The van der Waals surface area contributed by atoms with Crippen LogP contribution in [0.4, 0.5) is 18.9 Å². The summed E-state index contributed by atoms with van der Waals surface area (Å²) in [5.41, 5.74) is 0.0151. The Bertz CT molecular complexity index is 2100. The molecule has 1 unspecified atom stereocenters. The molecule has 5 heterocycles. The lowest BCUT2D eigenvalue weighted by molar-refractivity contribution is -0.137. The van der Waals surface area contributed by atoms with E-state index >= 15 is 0 Å². The van der Waals surface area contributed by atoms with Gasteiger partial charge in [0.2, 0.25) is 11.7 Å². The third-order valence-corrected chi connectivity index (χ3v) is 10.3. The first-order valence-electron chi connectivity index (χ1n) is 16.3. The van der Waals surface area contributed by atoms with Gasteiger partial charge in [-0.3, -0.25) is 14.4 Å². The molecule has 50 heavy (non-hydrogen) atoms. The van der Waals surface area contributed by atoms with Crippen LogP contribution in [0.3, 0.4) is 0 Å². The van der Waals surface area contributed by atoms with Crippen molar-refractivity contribution in [3.63, 3.8) is 0 Å². The number of alkyl halides is 3. The van der Waals surface area contributed by atoms with Crippen LogP contribution < -0.4 is 10.9 Å². The zero-order valence-corrected chi connectivity index (χ0v) is 27.7. The van der Waals surface area contributed by atoms with Crippen LogP contribution in [0.15, 0.2) is 47.4 Å². The summed E-state index contributed by atoms with van der Waals surface area (Å²) in [4.78, 5) is 51.9. The Balaban J connectivity index is 1.28. The Hall–Kier alpha value is -4.76. The first-order chi connectivity index (χ1) is 23.9. The number of nitrogens with one attached hydrogen (secondary N) is 1. The van der Waals surface area contributed by atoms with Crippen molar-refractivity contribution in [2.75, 3.05) is 31.6 Å². The second-order valence-electron chi connectivity index (χ2n) is 12.8. The van der Waals surface area contributed by atoms with Crippen LogP contribution in [0.25, 0.3) is 11.4 Å². The van der Waals surface area contributed by atoms with Gasteiger partial charge in [-0.25, -0.2) is 4.98 Å². The van der Waals surface area contributed by atoms with Gasteiger partial charge in [0.15, 0.2) is 11.5 Å². The second-order valence-corrected chi connectivity index (χ2v) is 13.3. The molecule has 1 aromatic carbocycles. The van der Waals surface area contributed by atoms with Gasteiger partial charge in [-0.05, 0) is 68.0 Å². The zero-order chi connectivity index (χ0) is 35.4. The van der Waals surface area contributed by atoms with Crippen molar-refractivity contribution < 1.29 is 32.6 Å². The summed E-state index contributed by atoms with van der Waals surface area (Å²) in [5, 5.41) is 17.2. The Labute approximate surface area is 288 Å². The molecule has 16 heteroatoms. The molecule has 4 aromatic rings.